The summed E-state index contributed by atoms with van der Waals surface area (Å²) in [5, 5.41) is 10.6. The predicted molar refractivity (Wildman–Crippen MR) is 55.9 cm³/mol. The number of hydrogen-bond donors (Lipinski definition) is 2. The highest BCUT2D eigenvalue weighted by Crippen LogP contribution is 2.15. The lowest BCUT2D eigenvalue weighted by Gasteiger charge is -2.09. The fourth-order valence-corrected chi connectivity index (χ4v) is 1.35. The lowest BCUT2D eigenvalue weighted by Crippen LogP contribution is -2.23. The zero-order valence-corrected chi connectivity index (χ0v) is 8.22. The Morgan fingerprint density at radius 2 is 2.07 bits per heavy atom. The van der Waals surface area contributed by atoms with Crippen LogP contribution in [0.3, 0.4) is 0 Å². The number of aldehydes is 1. The fourth-order valence-electron chi connectivity index (χ4n) is 1.35. The van der Waals surface area contributed by atoms with Crippen LogP contribution in [0.2, 0.25) is 0 Å². The Bertz CT molecular complexity index is 324. The third kappa shape index (κ3) is 3.81. The van der Waals surface area contributed by atoms with E-state index in [2.05, 4.69) is 5.32 Å². The number of benzene rings is 1. The van der Waals surface area contributed by atoms with E-state index in [0.717, 1.165) is 11.8 Å². The van der Waals surface area contributed by atoms with Crippen molar-refractivity contribution in [1.29, 1.82) is 0 Å². The van der Waals surface area contributed by atoms with Gasteiger partial charge in [0.05, 0.1) is 0 Å². The first-order chi connectivity index (χ1) is 7.24. The van der Waals surface area contributed by atoms with Gasteiger partial charge in [0.25, 0.3) is 0 Å². The van der Waals surface area contributed by atoms with Crippen LogP contribution in [0.5, 0.6) is 0 Å². The third-order valence-corrected chi connectivity index (χ3v) is 2.12. The number of nitrogens with one attached hydrogen (secondary N) is 1. The minimum absolute atomic E-state index is 0.238. The van der Waals surface area contributed by atoms with Crippen LogP contribution < -0.4 is 5.32 Å². The number of carbonyl (C=O) groups is 2. The topological polar surface area (TPSA) is 66.4 Å². The molecule has 1 aromatic carbocycles. The molecule has 0 aliphatic rings. The molecule has 80 valence electrons. The molecule has 0 bridgehead atoms. The van der Waals surface area contributed by atoms with Gasteiger partial charge in [-0.2, -0.15) is 0 Å². The maximum Gasteiger partial charge on any atom is 0.404 e. The van der Waals surface area contributed by atoms with Gasteiger partial charge in [0.2, 0.25) is 0 Å². The van der Waals surface area contributed by atoms with Gasteiger partial charge in [0.1, 0.15) is 6.29 Å². The number of rotatable bonds is 5. The molecular formula is C11H13NO3. The number of carboxylic acid groups (broad SMARTS) is 1. The maximum absolute atomic E-state index is 10.8. The van der Waals surface area contributed by atoms with E-state index in [1.807, 2.05) is 30.3 Å². The molecule has 15 heavy (non-hydrogen) atoms. The van der Waals surface area contributed by atoms with Crippen molar-refractivity contribution in [2.24, 2.45) is 0 Å². The molecule has 0 heterocycles. The van der Waals surface area contributed by atoms with E-state index in [1.54, 1.807) is 0 Å². The Labute approximate surface area is 87.9 Å². The first kappa shape index (κ1) is 11.2. The van der Waals surface area contributed by atoms with Crippen LogP contribution in [-0.4, -0.2) is 24.0 Å². The maximum atomic E-state index is 10.8. The van der Waals surface area contributed by atoms with E-state index in [-0.39, 0.29) is 12.5 Å². The first-order valence-corrected chi connectivity index (χ1v) is 4.71. The summed E-state index contributed by atoms with van der Waals surface area (Å²) in [6, 6.07) is 9.31. The Balaban J connectivity index is 2.50. The van der Waals surface area contributed by atoms with Crippen LogP contribution in [0.15, 0.2) is 30.3 Å². The summed E-state index contributed by atoms with van der Waals surface area (Å²) in [4.78, 5) is 21.0. The molecule has 1 unspecified atom stereocenters. The molecule has 0 aliphatic heterocycles. The molecule has 0 spiro atoms. The summed E-state index contributed by atoms with van der Waals surface area (Å²) in [5.74, 6) is -0.238. The summed E-state index contributed by atoms with van der Waals surface area (Å²) in [5.41, 5.74) is 0.916. The van der Waals surface area contributed by atoms with Crippen molar-refractivity contribution < 1.29 is 14.7 Å². The SMILES string of the molecule is O=CC(CCNC(=O)O)c1ccccc1. The van der Waals surface area contributed by atoms with Crippen molar-refractivity contribution in [3.63, 3.8) is 0 Å². The van der Waals surface area contributed by atoms with Gasteiger partial charge in [0.15, 0.2) is 0 Å². The molecule has 0 aromatic heterocycles. The zero-order chi connectivity index (χ0) is 11.1. The Morgan fingerprint density at radius 3 is 2.60 bits per heavy atom. The molecular weight excluding hydrogens is 194 g/mol. The molecule has 0 saturated carbocycles. The van der Waals surface area contributed by atoms with Crippen LogP contribution in [0.25, 0.3) is 0 Å². The monoisotopic (exact) mass is 207 g/mol. The second kappa shape index (κ2) is 5.80. The van der Waals surface area contributed by atoms with Gasteiger partial charge in [-0.3, -0.25) is 0 Å². The molecule has 1 rings (SSSR count). The van der Waals surface area contributed by atoms with Crippen molar-refractivity contribution >= 4 is 12.4 Å². The normalized spacial score (nSPS) is 11.7. The van der Waals surface area contributed by atoms with Crippen LogP contribution in [0.4, 0.5) is 4.79 Å². The molecule has 0 saturated heterocycles. The van der Waals surface area contributed by atoms with Gasteiger partial charge >= 0.3 is 6.09 Å². The highest BCUT2D eigenvalue weighted by atomic mass is 16.4. The van der Waals surface area contributed by atoms with Gasteiger partial charge < -0.3 is 15.2 Å². The third-order valence-electron chi connectivity index (χ3n) is 2.12. The average molecular weight is 207 g/mol. The van der Waals surface area contributed by atoms with Crippen LogP contribution in [-0.2, 0) is 4.79 Å². The van der Waals surface area contributed by atoms with Crippen molar-refractivity contribution in [2.75, 3.05) is 6.54 Å². The van der Waals surface area contributed by atoms with Crippen molar-refractivity contribution in [3.05, 3.63) is 35.9 Å². The summed E-state index contributed by atoms with van der Waals surface area (Å²) in [6.07, 6.45) is 0.270. The molecule has 2 N–H and O–H groups in total. The number of hydrogen-bond acceptors (Lipinski definition) is 2. The molecule has 1 amide bonds. The van der Waals surface area contributed by atoms with Gasteiger partial charge in [-0.05, 0) is 12.0 Å². The summed E-state index contributed by atoms with van der Waals surface area (Å²) in [6.45, 7) is 0.285. The molecule has 4 heteroatoms. The first-order valence-electron chi connectivity index (χ1n) is 4.71. The largest absolute Gasteiger partial charge is 0.465 e. The van der Waals surface area contributed by atoms with Crippen molar-refractivity contribution in [2.45, 2.75) is 12.3 Å². The van der Waals surface area contributed by atoms with Crippen LogP contribution >= 0.6 is 0 Å². The summed E-state index contributed by atoms with van der Waals surface area (Å²) in [7, 11) is 0. The Hall–Kier alpha value is -1.84. The standard InChI is InChI=1S/C11H13NO3/c13-8-10(6-7-12-11(14)15)9-4-2-1-3-5-9/h1-5,8,10,12H,6-7H2,(H,14,15). The Kier molecular flexibility index (Phi) is 4.34. The summed E-state index contributed by atoms with van der Waals surface area (Å²) < 4.78 is 0. The van der Waals surface area contributed by atoms with Gasteiger partial charge in [0, 0.05) is 12.5 Å². The van der Waals surface area contributed by atoms with Crippen LogP contribution in [0, 0.1) is 0 Å². The van der Waals surface area contributed by atoms with Gasteiger partial charge in [-0.15, -0.1) is 0 Å². The highest BCUT2D eigenvalue weighted by Gasteiger charge is 2.09. The molecule has 1 aromatic rings. The second-order valence-corrected chi connectivity index (χ2v) is 3.17. The molecule has 4 nitrogen and oxygen atoms in total. The summed E-state index contributed by atoms with van der Waals surface area (Å²) >= 11 is 0. The van der Waals surface area contributed by atoms with E-state index in [4.69, 9.17) is 5.11 Å². The minimum Gasteiger partial charge on any atom is -0.465 e. The van der Waals surface area contributed by atoms with Crippen molar-refractivity contribution in [3.8, 4) is 0 Å². The molecule has 0 aliphatic carbocycles. The van der Waals surface area contributed by atoms with E-state index < -0.39 is 6.09 Å². The highest BCUT2D eigenvalue weighted by molar-refractivity contribution is 5.65. The molecule has 1 atom stereocenters. The minimum atomic E-state index is -1.06. The zero-order valence-electron chi connectivity index (χ0n) is 8.22. The number of carbonyl (C=O) groups excluding carboxylic acids is 1. The predicted octanol–water partition coefficient (Wildman–Crippen LogP) is 1.63. The molecule has 0 fully saturated rings. The van der Waals surface area contributed by atoms with Crippen molar-refractivity contribution in [1.82, 2.24) is 5.32 Å². The molecule has 0 radical (unpaired) electrons. The van der Waals surface area contributed by atoms with E-state index in [0.29, 0.717) is 6.42 Å². The van der Waals surface area contributed by atoms with E-state index in [9.17, 15) is 9.59 Å². The lowest BCUT2D eigenvalue weighted by atomic mass is 9.97. The number of amides is 1. The lowest BCUT2D eigenvalue weighted by molar-refractivity contribution is -0.109. The van der Waals surface area contributed by atoms with Gasteiger partial charge in [-0.25, -0.2) is 4.79 Å². The van der Waals surface area contributed by atoms with E-state index in [1.165, 1.54) is 0 Å². The smallest absolute Gasteiger partial charge is 0.404 e. The second-order valence-electron chi connectivity index (χ2n) is 3.17. The van der Waals surface area contributed by atoms with Gasteiger partial charge in [-0.1, -0.05) is 30.3 Å². The van der Waals surface area contributed by atoms with E-state index >= 15 is 0 Å². The Morgan fingerprint density at radius 1 is 1.40 bits per heavy atom. The average Bonchev–Trinajstić information content (AvgIpc) is 2.25. The quantitative estimate of drug-likeness (QED) is 0.721. The van der Waals surface area contributed by atoms with Crippen LogP contribution in [0.1, 0.15) is 17.9 Å². The fraction of sp³-hybridized carbons (Fsp3) is 0.273.